The molecular weight excluding hydrogens is 229 g/mol. The third kappa shape index (κ3) is 2.15. The average molecular weight is 244 g/mol. The first-order valence-electron chi connectivity index (χ1n) is 5.53. The fourth-order valence-electron chi connectivity index (χ4n) is 2.41. The van der Waals surface area contributed by atoms with Gasteiger partial charge in [-0.05, 0) is 30.9 Å². The topological polar surface area (TPSA) is 46.2 Å². The molecule has 1 aliphatic rings. The third-order valence-electron chi connectivity index (χ3n) is 3.32. The van der Waals surface area contributed by atoms with E-state index < -0.39 is 5.82 Å². The molecule has 1 aromatic carbocycles. The maximum atomic E-state index is 13.2. The van der Waals surface area contributed by atoms with Crippen molar-refractivity contribution in [2.75, 3.05) is 0 Å². The van der Waals surface area contributed by atoms with Gasteiger partial charge in [0.2, 0.25) is 0 Å². The maximum absolute atomic E-state index is 13.2. The Hall–Kier alpha value is -0.800. The van der Waals surface area contributed by atoms with E-state index >= 15 is 0 Å². The van der Waals surface area contributed by atoms with E-state index in [0.717, 1.165) is 31.7 Å². The molecule has 0 heterocycles. The molecule has 2 rings (SSSR count). The molecule has 1 aromatic rings. The van der Waals surface area contributed by atoms with Gasteiger partial charge in [0, 0.05) is 11.6 Å². The molecular formula is C12H15ClFNO. The Labute approximate surface area is 99.2 Å². The van der Waals surface area contributed by atoms with Gasteiger partial charge in [-0.1, -0.05) is 24.4 Å². The lowest BCUT2D eigenvalue weighted by Crippen LogP contribution is -2.19. The summed E-state index contributed by atoms with van der Waals surface area (Å²) in [4.78, 5) is 0. The molecule has 0 saturated heterocycles. The molecule has 0 amide bonds. The monoisotopic (exact) mass is 243 g/mol. The van der Waals surface area contributed by atoms with E-state index in [9.17, 15) is 9.50 Å². The van der Waals surface area contributed by atoms with Gasteiger partial charge in [0.1, 0.15) is 11.6 Å². The number of rotatable bonds is 2. The highest BCUT2D eigenvalue weighted by atomic mass is 35.5. The molecule has 16 heavy (non-hydrogen) atoms. The van der Waals surface area contributed by atoms with Crippen LogP contribution in [0.5, 0.6) is 5.75 Å². The first-order valence-corrected chi connectivity index (χ1v) is 5.91. The van der Waals surface area contributed by atoms with Crippen LogP contribution >= 0.6 is 11.6 Å². The first kappa shape index (κ1) is 11.7. The van der Waals surface area contributed by atoms with E-state index in [0.29, 0.717) is 11.5 Å². The zero-order valence-corrected chi connectivity index (χ0v) is 9.67. The summed E-state index contributed by atoms with van der Waals surface area (Å²) >= 11 is 5.72. The van der Waals surface area contributed by atoms with Crippen LogP contribution in [0, 0.1) is 11.7 Å². The standard InChI is InChI=1S/C12H15ClFNO/c13-10-6-8(14)5-9(12(10)16)11(15)7-3-1-2-4-7/h5-7,11,16H,1-4,15H2/t11-/m0/s1. The van der Waals surface area contributed by atoms with Crippen molar-refractivity contribution in [3.8, 4) is 5.75 Å². The second kappa shape index (κ2) is 4.60. The van der Waals surface area contributed by atoms with Crippen molar-refractivity contribution >= 4 is 11.6 Å². The molecule has 0 aliphatic heterocycles. The lowest BCUT2D eigenvalue weighted by atomic mass is 9.92. The summed E-state index contributed by atoms with van der Waals surface area (Å²) in [6, 6.07) is 2.06. The summed E-state index contributed by atoms with van der Waals surface area (Å²) in [6.45, 7) is 0. The minimum Gasteiger partial charge on any atom is -0.506 e. The molecule has 88 valence electrons. The van der Waals surface area contributed by atoms with Crippen molar-refractivity contribution in [1.29, 1.82) is 0 Å². The van der Waals surface area contributed by atoms with Crippen LogP contribution in [0.3, 0.4) is 0 Å². The van der Waals surface area contributed by atoms with Gasteiger partial charge in [-0.3, -0.25) is 0 Å². The average Bonchev–Trinajstić information content (AvgIpc) is 2.75. The van der Waals surface area contributed by atoms with E-state index in [1.54, 1.807) is 0 Å². The Kier molecular flexibility index (Phi) is 3.36. The van der Waals surface area contributed by atoms with E-state index in [-0.39, 0.29) is 16.8 Å². The van der Waals surface area contributed by atoms with Gasteiger partial charge < -0.3 is 10.8 Å². The Balaban J connectivity index is 2.31. The second-order valence-electron chi connectivity index (χ2n) is 4.40. The molecule has 1 aliphatic carbocycles. The molecule has 3 N–H and O–H groups in total. The Morgan fingerprint density at radius 2 is 2.00 bits per heavy atom. The van der Waals surface area contributed by atoms with Gasteiger partial charge in [-0.25, -0.2) is 4.39 Å². The number of nitrogens with two attached hydrogens (primary N) is 1. The summed E-state index contributed by atoms with van der Waals surface area (Å²) in [5, 5.41) is 9.81. The normalized spacial score (nSPS) is 18.9. The van der Waals surface area contributed by atoms with E-state index in [1.807, 2.05) is 0 Å². The summed E-state index contributed by atoms with van der Waals surface area (Å²) < 4.78 is 13.2. The van der Waals surface area contributed by atoms with Crippen LogP contribution in [0.4, 0.5) is 4.39 Å². The van der Waals surface area contributed by atoms with Gasteiger partial charge >= 0.3 is 0 Å². The number of hydrogen-bond donors (Lipinski definition) is 2. The molecule has 2 nitrogen and oxygen atoms in total. The number of hydrogen-bond acceptors (Lipinski definition) is 2. The molecule has 1 fully saturated rings. The summed E-state index contributed by atoms with van der Waals surface area (Å²) in [5.41, 5.74) is 6.48. The minimum absolute atomic E-state index is 0.0310. The predicted molar refractivity (Wildman–Crippen MR) is 62.0 cm³/mol. The lowest BCUT2D eigenvalue weighted by molar-refractivity contribution is 0.410. The highest BCUT2D eigenvalue weighted by Gasteiger charge is 2.26. The van der Waals surface area contributed by atoms with Crippen molar-refractivity contribution in [3.05, 3.63) is 28.5 Å². The number of aromatic hydroxyl groups is 1. The molecule has 0 radical (unpaired) electrons. The van der Waals surface area contributed by atoms with Gasteiger partial charge in [0.15, 0.2) is 0 Å². The summed E-state index contributed by atoms with van der Waals surface area (Å²) in [6.07, 6.45) is 4.38. The number of phenolic OH excluding ortho intramolecular Hbond substituents is 1. The summed E-state index contributed by atoms with van der Waals surface area (Å²) in [5.74, 6) is -0.211. The first-order chi connectivity index (χ1) is 7.59. The van der Waals surface area contributed by atoms with Crippen molar-refractivity contribution < 1.29 is 9.50 Å². The van der Waals surface area contributed by atoms with Crippen molar-refractivity contribution in [3.63, 3.8) is 0 Å². The van der Waals surface area contributed by atoms with Crippen LogP contribution in [0.15, 0.2) is 12.1 Å². The van der Waals surface area contributed by atoms with Gasteiger partial charge in [-0.15, -0.1) is 0 Å². The largest absolute Gasteiger partial charge is 0.506 e. The van der Waals surface area contributed by atoms with Gasteiger partial charge in [0.05, 0.1) is 5.02 Å². The molecule has 1 atom stereocenters. The zero-order valence-electron chi connectivity index (χ0n) is 8.92. The Bertz CT molecular complexity index is 391. The van der Waals surface area contributed by atoms with Gasteiger partial charge in [-0.2, -0.15) is 0 Å². The number of benzene rings is 1. The molecule has 4 heteroatoms. The molecule has 0 aromatic heterocycles. The molecule has 1 saturated carbocycles. The van der Waals surface area contributed by atoms with Gasteiger partial charge in [0.25, 0.3) is 0 Å². The van der Waals surface area contributed by atoms with Crippen molar-refractivity contribution in [2.45, 2.75) is 31.7 Å². The summed E-state index contributed by atoms with van der Waals surface area (Å²) in [7, 11) is 0. The number of phenols is 1. The maximum Gasteiger partial charge on any atom is 0.139 e. The van der Waals surface area contributed by atoms with Crippen LogP contribution < -0.4 is 5.73 Å². The fourth-order valence-corrected chi connectivity index (χ4v) is 2.62. The highest BCUT2D eigenvalue weighted by molar-refractivity contribution is 6.32. The second-order valence-corrected chi connectivity index (χ2v) is 4.80. The SMILES string of the molecule is N[C@H](c1cc(F)cc(Cl)c1O)C1CCCC1. The van der Waals surface area contributed by atoms with E-state index in [1.165, 1.54) is 6.07 Å². The quantitative estimate of drug-likeness (QED) is 0.837. The molecule has 0 unspecified atom stereocenters. The Morgan fingerprint density at radius 1 is 1.38 bits per heavy atom. The molecule has 0 spiro atoms. The van der Waals surface area contributed by atoms with Crippen LogP contribution in [-0.2, 0) is 0 Å². The zero-order chi connectivity index (χ0) is 11.7. The van der Waals surface area contributed by atoms with E-state index in [2.05, 4.69) is 0 Å². The lowest BCUT2D eigenvalue weighted by Gasteiger charge is -2.20. The highest BCUT2D eigenvalue weighted by Crippen LogP contribution is 2.39. The van der Waals surface area contributed by atoms with Crippen LogP contribution in [0.2, 0.25) is 5.02 Å². The van der Waals surface area contributed by atoms with Crippen LogP contribution in [0.1, 0.15) is 37.3 Å². The Morgan fingerprint density at radius 3 is 2.62 bits per heavy atom. The third-order valence-corrected chi connectivity index (χ3v) is 3.61. The minimum atomic E-state index is -0.453. The predicted octanol–water partition coefficient (Wildman–Crippen LogP) is 3.37. The van der Waals surface area contributed by atoms with Crippen LogP contribution in [0.25, 0.3) is 0 Å². The number of halogens is 2. The van der Waals surface area contributed by atoms with Crippen molar-refractivity contribution in [1.82, 2.24) is 0 Å². The van der Waals surface area contributed by atoms with Crippen molar-refractivity contribution in [2.24, 2.45) is 11.7 Å². The smallest absolute Gasteiger partial charge is 0.139 e. The molecule has 0 bridgehead atoms. The van der Waals surface area contributed by atoms with E-state index in [4.69, 9.17) is 17.3 Å². The van der Waals surface area contributed by atoms with Crippen LogP contribution in [-0.4, -0.2) is 5.11 Å². The fraction of sp³-hybridized carbons (Fsp3) is 0.500.